The van der Waals surface area contributed by atoms with E-state index in [2.05, 4.69) is 4.72 Å². The Morgan fingerprint density at radius 1 is 1.10 bits per heavy atom. The number of halogens is 1. The number of aliphatic carboxylic acids is 1. The Labute approximate surface area is 121 Å². The van der Waals surface area contributed by atoms with Crippen LogP contribution in [0.25, 0.3) is 0 Å². The van der Waals surface area contributed by atoms with Gasteiger partial charge in [0.15, 0.2) is 0 Å². The van der Waals surface area contributed by atoms with Crippen LogP contribution in [0.4, 0.5) is 10.1 Å². The molecule has 0 aliphatic carbocycles. The van der Waals surface area contributed by atoms with Crippen LogP contribution in [-0.4, -0.2) is 19.5 Å². The number of nitrogens with one attached hydrogen (secondary N) is 1. The number of anilines is 1. The van der Waals surface area contributed by atoms with Crippen LogP contribution in [0.2, 0.25) is 0 Å². The number of carboxylic acids is 1. The van der Waals surface area contributed by atoms with Gasteiger partial charge in [-0.3, -0.25) is 9.52 Å². The van der Waals surface area contributed by atoms with E-state index in [1.165, 1.54) is 24.3 Å². The number of para-hydroxylation sites is 1. The van der Waals surface area contributed by atoms with Crippen LogP contribution in [0.5, 0.6) is 0 Å². The summed E-state index contributed by atoms with van der Waals surface area (Å²) < 4.78 is 40.1. The standard InChI is InChI=1S/C14H12FNO4S/c15-11-6-2-4-8-13(11)21(19,20)16-12-7-3-1-5-10(12)9-14(17)18/h1-8,16H,9H2,(H,17,18). The van der Waals surface area contributed by atoms with E-state index in [9.17, 15) is 17.6 Å². The maximum Gasteiger partial charge on any atom is 0.307 e. The molecule has 0 radical (unpaired) electrons. The average molecular weight is 309 g/mol. The van der Waals surface area contributed by atoms with Crippen molar-refractivity contribution in [2.24, 2.45) is 0 Å². The molecule has 0 bridgehead atoms. The summed E-state index contributed by atoms with van der Waals surface area (Å²) in [5.74, 6) is -1.96. The largest absolute Gasteiger partial charge is 0.481 e. The second kappa shape index (κ2) is 5.92. The van der Waals surface area contributed by atoms with Crippen molar-refractivity contribution >= 4 is 21.7 Å². The molecule has 0 fully saturated rings. The molecule has 2 N–H and O–H groups in total. The highest BCUT2D eigenvalue weighted by Gasteiger charge is 2.20. The average Bonchev–Trinajstić information content (AvgIpc) is 2.40. The molecule has 110 valence electrons. The minimum absolute atomic E-state index is 0.114. The quantitative estimate of drug-likeness (QED) is 0.887. The first-order valence-electron chi connectivity index (χ1n) is 5.97. The fourth-order valence-corrected chi connectivity index (χ4v) is 2.98. The topological polar surface area (TPSA) is 83.5 Å². The lowest BCUT2D eigenvalue weighted by Gasteiger charge is -2.12. The summed E-state index contributed by atoms with van der Waals surface area (Å²) in [5.41, 5.74) is 0.410. The van der Waals surface area contributed by atoms with Gasteiger partial charge in [0.2, 0.25) is 0 Å². The van der Waals surface area contributed by atoms with Crippen molar-refractivity contribution in [3.63, 3.8) is 0 Å². The van der Waals surface area contributed by atoms with Crippen LogP contribution in [0.3, 0.4) is 0 Å². The Hall–Kier alpha value is -2.41. The molecule has 5 nitrogen and oxygen atoms in total. The van der Waals surface area contributed by atoms with Gasteiger partial charge in [0, 0.05) is 0 Å². The molecule has 0 spiro atoms. The van der Waals surface area contributed by atoms with Crippen LogP contribution in [0, 0.1) is 5.82 Å². The predicted octanol–water partition coefficient (Wildman–Crippen LogP) is 2.25. The van der Waals surface area contributed by atoms with Crippen molar-refractivity contribution in [2.75, 3.05) is 4.72 Å². The molecule has 0 amide bonds. The molecule has 0 aliphatic heterocycles. The van der Waals surface area contributed by atoms with Crippen LogP contribution < -0.4 is 4.72 Å². The smallest absolute Gasteiger partial charge is 0.307 e. The molecular formula is C14H12FNO4S. The summed E-state index contributed by atoms with van der Waals surface area (Å²) in [5, 5.41) is 8.81. The van der Waals surface area contributed by atoms with Gasteiger partial charge in [-0.25, -0.2) is 12.8 Å². The summed E-state index contributed by atoms with van der Waals surface area (Å²) >= 11 is 0. The van der Waals surface area contributed by atoms with E-state index in [-0.39, 0.29) is 12.1 Å². The second-order valence-electron chi connectivity index (χ2n) is 4.26. The molecule has 2 aromatic rings. The van der Waals surface area contributed by atoms with E-state index in [0.29, 0.717) is 5.56 Å². The minimum Gasteiger partial charge on any atom is -0.481 e. The molecule has 2 aromatic carbocycles. The van der Waals surface area contributed by atoms with Crippen LogP contribution in [-0.2, 0) is 21.2 Å². The summed E-state index contributed by atoms with van der Waals surface area (Å²) in [7, 11) is -4.12. The zero-order valence-electron chi connectivity index (χ0n) is 10.8. The van der Waals surface area contributed by atoms with Crippen molar-refractivity contribution in [1.82, 2.24) is 0 Å². The van der Waals surface area contributed by atoms with Crippen LogP contribution in [0.15, 0.2) is 53.4 Å². The minimum atomic E-state index is -4.12. The molecule has 0 atom stereocenters. The van der Waals surface area contributed by atoms with E-state index in [4.69, 9.17) is 5.11 Å². The Balaban J connectivity index is 2.38. The summed E-state index contributed by atoms with van der Waals surface area (Å²) in [6.45, 7) is 0. The first-order valence-corrected chi connectivity index (χ1v) is 7.45. The van der Waals surface area contributed by atoms with Crippen LogP contribution >= 0.6 is 0 Å². The summed E-state index contributed by atoms with van der Waals surface area (Å²) in [6.07, 6.45) is -0.337. The summed E-state index contributed by atoms with van der Waals surface area (Å²) in [4.78, 5) is 10.3. The second-order valence-corrected chi connectivity index (χ2v) is 5.91. The lowest BCUT2D eigenvalue weighted by molar-refractivity contribution is -0.136. The van der Waals surface area contributed by atoms with E-state index in [1.54, 1.807) is 12.1 Å². The number of benzene rings is 2. The predicted molar refractivity (Wildman–Crippen MR) is 75.0 cm³/mol. The zero-order chi connectivity index (χ0) is 15.5. The molecule has 21 heavy (non-hydrogen) atoms. The third-order valence-electron chi connectivity index (χ3n) is 2.73. The zero-order valence-corrected chi connectivity index (χ0v) is 11.6. The number of carboxylic acid groups (broad SMARTS) is 1. The van der Waals surface area contributed by atoms with Crippen molar-refractivity contribution < 1.29 is 22.7 Å². The van der Waals surface area contributed by atoms with Gasteiger partial charge in [-0.1, -0.05) is 30.3 Å². The monoisotopic (exact) mass is 309 g/mol. The molecule has 0 saturated heterocycles. The van der Waals surface area contributed by atoms with Crippen molar-refractivity contribution in [1.29, 1.82) is 0 Å². The molecule has 0 aromatic heterocycles. The SMILES string of the molecule is O=C(O)Cc1ccccc1NS(=O)(=O)c1ccccc1F. The molecule has 2 rings (SSSR count). The van der Waals surface area contributed by atoms with E-state index >= 15 is 0 Å². The maximum atomic E-state index is 13.6. The van der Waals surface area contributed by atoms with Gasteiger partial charge < -0.3 is 5.11 Å². The molecular weight excluding hydrogens is 297 g/mol. The Bertz CT molecular complexity index is 774. The third-order valence-corrected chi connectivity index (χ3v) is 4.13. The van der Waals surface area contributed by atoms with Crippen molar-refractivity contribution in [3.8, 4) is 0 Å². The van der Waals surface area contributed by atoms with Gasteiger partial charge in [-0.05, 0) is 23.8 Å². The van der Waals surface area contributed by atoms with Gasteiger partial charge in [0.1, 0.15) is 10.7 Å². The Morgan fingerprint density at radius 3 is 2.38 bits per heavy atom. The fraction of sp³-hybridized carbons (Fsp3) is 0.0714. The van der Waals surface area contributed by atoms with E-state index in [1.807, 2.05) is 0 Å². The highest BCUT2D eigenvalue weighted by Crippen LogP contribution is 2.22. The fourth-order valence-electron chi connectivity index (χ4n) is 1.80. The molecule has 7 heteroatoms. The highest BCUT2D eigenvalue weighted by molar-refractivity contribution is 7.92. The van der Waals surface area contributed by atoms with Gasteiger partial charge >= 0.3 is 5.97 Å². The van der Waals surface area contributed by atoms with E-state index < -0.39 is 26.7 Å². The number of carbonyl (C=O) groups is 1. The molecule has 0 saturated carbocycles. The number of hydrogen-bond donors (Lipinski definition) is 2. The lowest BCUT2D eigenvalue weighted by atomic mass is 10.1. The normalized spacial score (nSPS) is 11.1. The van der Waals surface area contributed by atoms with E-state index in [0.717, 1.165) is 12.1 Å². The maximum absolute atomic E-state index is 13.6. The number of hydrogen-bond acceptors (Lipinski definition) is 3. The first kappa shape index (κ1) is 15.0. The van der Waals surface area contributed by atoms with Gasteiger partial charge in [0.25, 0.3) is 10.0 Å². The van der Waals surface area contributed by atoms with Crippen LogP contribution in [0.1, 0.15) is 5.56 Å². The number of sulfonamides is 1. The van der Waals surface area contributed by atoms with Gasteiger partial charge in [0.05, 0.1) is 12.1 Å². The highest BCUT2D eigenvalue weighted by atomic mass is 32.2. The Kier molecular flexibility index (Phi) is 4.23. The molecule has 0 aliphatic rings. The van der Waals surface area contributed by atoms with Crippen molar-refractivity contribution in [3.05, 3.63) is 59.9 Å². The molecule has 0 unspecified atom stereocenters. The molecule has 0 heterocycles. The van der Waals surface area contributed by atoms with Gasteiger partial charge in [-0.15, -0.1) is 0 Å². The summed E-state index contributed by atoms with van der Waals surface area (Å²) in [6, 6.07) is 11.0. The number of rotatable bonds is 5. The van der Waals surface area contributed by atoms with Gasteiger partial charge in [-0.2, -0.15) is 0 Å². The first-order chi connectivity index (χ1) is 9.90. The third kappa shape index (κ3) is 3.57. The Morgan fingerprint density at radius 2 is 1.71 bits per heavy atom. The van der Waals surface area contributed by atoms with Crippen molar-refractivity contribution in [2.45, 2.75) is 11.3 Å². The lowest BCUT2D eigenvalue weighted by Crippen LogP contribution is -2.16.